The molecule has 0 atom stereocenters. The van der Waals surface area contributed by atoms with Crippen LogP contribution in [-0.2, 0) is 10.9 Å². The number of aromatic amines is 1. The summed E-state index contributed by atoms with van der Waals surface area (Å²) in [5.41, 5.74) is 4.78. The summed E-state index contributed by atoms with van der Waals surface area (Å²) in [7, 11) is 1.14. The molecule has 102 valence electrons. The van der Waals surface area contributed by atoms with Crippen molar-refractivity contribution >= 4 is 22.6 Å². The fourth-order valence-electron chi connectivity index (χ4n) is 2.02. The average molecular weight is 272 g/mol. The lowest BCUT2D eigenvalue weighted by atomic mass is 10.1. The van der Waals surface area contributed by atoms with Crippen LogP contribution in [0.1, 0.15) is 21.6 Å². The number of esters is 1. The van der Waals surface area contributed by atoms with Crippen LogP contribution in [0.25, 0.3) is 10.9 Å². The molecule has 0 spiro atoms. The van der Waals surface area contributed by atoms with Crippen molar-refractivity contribution in [2.75, 3.05) is 12.8 Å². The Hall–Kier alpha value is -2.18. The van der Waals surface area contributed by atoms with Crippen molar-refractivity contribution in [3.05, 3.63) is 29.0 Å². The second kappa shape index (κ2) is 4.18. The number of ether oxygens (including phenoxy) is 1. The number of hydrogen-bond acceptors (Lipinski definition) is 3. The number of benzene rings is 1. The van der Waals surface area contributed by atoms with Crippen molar-refractivity contribution in [2.45, 2.75) is 13.1 Å². The number of hydrogen-bond donors (Lipinski definition) is 2. The van der Waals surface area contributed by atoms with Crippen molar-refractivity contribution in [1.82, 2.24) is 4.98 Å². The number of carbonyl (C=O) groups excluding carboxylic acids is 1. The van der Waals surface area contributed by atoms with Gasteiger partial charge in [0, 0.05) is 11.1 Å². The molecule has 0 fully saturated rings. The summed E-state index contributed by atoms with van der Waals surface area (Å²) < 4.78 is 43.0. The molecule has 7 heteroatoms. The normalized spacial score (nSPS) is 11.8. The van der Waals surface area contributed by atoms with E-state index in [1.54, 1.807) is 0 Å². The van der Waals surface area contributed by atoms with Crippen LogP contribution in [0.5, 0.6) is 0 Å². The molecule has 0 amide bonds. The van der Waals surface area contributed by atoms with Crippen LogP contribution in [0.2, 0.25) is 0 Å². The van der Waals surface area contributed by atoms with E-state index in [0.717, 1.165) is 7.11 Å². The Balaban J connectivity index is 2.84. The van der Waals surface area contributed by atoms with Gasteiger partial charge in [-0.05, 0) is 18.6 Å². The maximum atomic E-state index is 12.8. The third-order valence-corrected chi connectivity index (χ3v) is 2.94. The number of rotatable bonds is 1. The molecular weight excluding hydrogens is 261 g/mol. The molecule has 2 aromatic rings. The number of nitrogens with one attached hydrogen (secondary N) is 1. The maximum Gasteiger partial charge on any atom is 0.431 e. The molecule has 0 saturated carbocycles. The highest BCUT2D eigenvalue weighted by Gasteiger charge is 2.36. The molecular formula is C12H11F3N2O2. The molecule has 1 aromatic carbocycles. The lowest BCUT2D eigenvalue weighted by Crippen LogP contribution is -2.08. The van der Waals surface area contributed by atoms with Crippen molar-refractivity contribution < 1.29 is 22.7 Å². The van der Waals surface area contributed by atoms with Crippen LogP contribution in [-0.4, -0.2) is 18.1 Å². The Morgan fingerprint density at radius 2 is 2.00 bits per heavy atom. The van der Waals surface area contributed by atoms with Gasteiger partial charge in [-0.25, -0.2) is 4.79 Å². The number of alkyl halides is 3. The van der Waals surface area contributed by atoms with Gasteiger partial charge in [0.15, 0.2) is 0 Å². The van der Waals surface area contributed by atoms with Gasteiger partial charge in [0.25, 0.3) is 0 Å². The SMILES string of the molecule is COC(=O)c1c(N)ccc2c(C)c(C(F)(F)F)[nH]c12. The Morgan fingerprint density at radius 3 is 2.53 bits per heavy atom. The summed E-state index contributed by atoms with van der Waals surface area (Å²) in [4.78, 5) is 13.8. The van der Waals surface area contributed by atoms with Gasteiger partial charge in [-0.15, -0.1) is 0 Å². The Kier molecular flexibility index (Phi) is 2.92. The molecule has 0 aliphatic carbocycles. The number of carbonyl (C=O) groups is 1. The van der Waals surface area contributed by atoms with E-state index in [2.05, 4.69) is 9.72 Å². The molecule has 0 aliphatic rings. The summed E-state index contributed by atoms with van der Waals surface area (Å²) in [6.07, 6.45) is -4.52. The first-order valence-corrected chi connectivity index (χ1v) is 5.33. The summed E-state index contributed by atoms with van der Waals surface area (Å²) >= 11 is 0. The third-order valence-electron chi connectivity index (χ3n) is 2.94. The first-order chi connectivity index (χ1) is 8.77. The standard InChI is InChI=1S/C12H11F3N2O2/c1-5-6-3-4-7(16)8(11(18)19-2)9(6)17-10(5)12(13,14)15/h3-4,17H,16H2,1-2H3. The fraction of sp³-hybridized carbons (Fsp3) is 0.250. The van der Waals surface area contributed by atoms with Crippen LogP contribution in [0.3, 0.4) is 0 Å². The molecule has 0 bridgehead atoms. The maximum absolute atomic E-state index is 12.8. The van der Waals surface area contributed by atoms with Gasteiger partial charge in [-0.3, -0.25) is 0 Å². The number of anilines is 1. The number of aromatic nitrogens is 1. The predicted octanol–water partition coefficient (Wildman–Crippen LogP) is 2.86. The molecule has 1 heterocycles. The molecule has 2 rings (SSSR count). The van der Waals surface area contributed by atoms with Crippen LogP contribution in [0.15, 0.2) is 12.1 Å². The Labute approximate surface area is 106 Å². The highest BCUT2D eigenvalue weighted by molar-refractivity contribution is 6.08. The van der Waals surface area contributed by atoms with E-state index in [-0.39, 0.29) is 22.3 Å². The minimum absolute atomic E-state index is 0.0210. The zero-order valence-electron chi connectivity index (χ0n) is 10.2. The number of nitrogens with two attached hydrogens (primary N) is 1. The third kappa shape index (κ3) is 2.00. The van der Waals surface area contributed by atoms with E-state index in [0.29, 0.717) is 5.39 Å². The minimum atomic E-state index is -4.52. The van der Waals surface area contributed by atoms with Crippen molar-refractivity contribution in [2.24, 2.45) is 0 Å². The van der Waals surface area contributed by atoms with Gasteiger partial charge in [0.1, 0.15) is 11.3 Å². The number of H-pyrrole nitrogens is 1. The zero-order chi connectivity index (χ0) is 14.4. The molecule has 1 aromatic heterocycles. The topological polar surface area (TPSA) is 68.1 Å². The molecule has 19 heavy (non-hydrogen) atoms. The minimum Gasteiger partial charge on any atom is -0.465 e. The average Bonchev–Trinajstić information content (AvgIpc) is 2.65. The number of aryl methyl sites for hydroxylation is 1. The van der Waals surface area contributed by atoms with Crippen molar-refractivity contribution in [3.8, 4) is 0 Å². The van der Waals surface area contributed by atoms with E-state index in [1.807, 2.05) is 0 Å². The smallest absolute Gasteiger partial charge is 0.431 e. The molecule has 0 unspecified atom stereocenters. The van der Waals surface area contributed by atoms with E-state index >= 15 is 0 Å². The Morgan fingerprint density at radius 1 is 1.37 bits per heavy atom. The van der Waals surface area contributed by atoms with Gasteiger partial charge in [-0.2, -0.15) is 13.2 Å². The number of nitrogen functional groups attached to an aromatic ring is 1. The number of halogens is 3. The van der Waals surface area contributed by atoms with E-state index < -0.39 is 17.8 Å². The van der Waals surface area contributed by atoms with Crippen LogP contribution in [0, 0.1) is 6.92 Å². The van der Waals surface area contributed by atoms with Crippen LogP contribution >= 0.6 is 0 Å². The quantitative estimate of drug-likeness (QED) is 0.619. The highest BCUT2D eigenvalue weighted by atomic mass is 19.4. The fourth-order valence-corrected chi connectivity index (χ4v) is 2.02. The van der Waals surface area contributed by atoms with Crippen molar-refractivity contribution in [1.29, 1.82) is 0 Å². The Bertz CT molecular complexity index is 659. The van der Waals surface area contributed by atoms with E-state index in [9.17, 15) is 18.0 Å². The van der Waals surface area contributed by atoms with E-state index in [4.69, 9.17) is 5.73 Å². The second-order valence-electron chi connectivity index (χ2n) is 4.07. The first-order valence-electron chi connectivity index (χ1n) is 5.33. The highest BCUT2D eigenvalue weighted by Crippen LogP contribution is 2.37. The lowest BCUT2D eigenvalue weighted by Gasteiger charge is -2.05. The zero-order valence-corrected chi connectivity index (χ0v) is 10.2. The monoisotopic (exact) mass is 272 g/mol. The van der Waals surface area contributed by atoms with Gasteiger partial charge in [-0.1, -0.05) is 6.07 Å². The second-order valence-corrected chi connectivity index (χ2v) is 4.07. The summed E-state index contributed by atoms with van der Waals surface area (Å²) in [6.45, 7) is 1.33. The number of fused-ring (bicyclic) bond motifs is 1. The van der Waals surface area contributed by atoms with E-state index in [1.165, 1.54) is 19.1 Å². The molecule has 0 aliphatic heterocycles. The van der Waals surface area contributed by atoms with Gasteiger partial charge in [0.2, 0.25) is 0 Å². The summed E-state index contributed by atoms with van der Waals surface area (Å²) in [6, 6.07) is 2.83. The van der Waals surface area contributed by atoms with Crippen LogP contribution < -0.4 is 5.73 Å². The number of methoxy groups -OCH3 is 1. The predicted molar refractivity (Wildman–Crippen MR) is 63.8 cm³/mol. The van der Waals surface area contributed by atoms with Crippen LogP contribution in [0.4, 0.5) is 18.9 Å². The van der Waals surface area contributed by atoms with Crippen molar-refractivity contribution in [3.63, 3.8) is 0 Å². The van der Waals surface area contributed by atoms with Gasteiger partial charge in [0.05, 0.1) is 12.6 Å². The summed E-state index contributed by atoms with van der Waals surface area (Å²) in [5, 5.41) is 0.293. The molecule has 0 radical (unpaired) electrons. The first kappa shape index (κ1) is 13.3. The summed E-state index contributed by atoms with van der Waals surface area (Å²) in [5.74, 6) is -0.780. The lowest BCUT2D eigenvalue weighted by molar-refractivity contribution is -0.141. The largest absolute Gasteiger partial charge is 0.465 e. The molecule has 0 saturated heterocycles. The molecule has 3 N–H and O–H groups in total. The van der Waals surface area contributed by atoms with Gasteiger partial charge < -0.3 is 15.5 Å². The van der Waals surface area contributed by atoms with Gasteiger partial charge >= 0.3 is 12.1 Å². The molecule has 4 nitrogen and oxygen atoms in total.